The summed E-state index contributed by atoms with van der Waals surface area (Å²) in [5.41, 5.74) is 4.99. The number of fused-ring (bicyclic) bond motifs is 1. The van der Waals surface area contributed by atoms with E-state index in [2.05, 4.69) is 28.3 Å². The number of Topliss-reactive ketones (excluding diaryl/α,β-unsaturated/α-hetero) is 1. The summed E-state index contributed by atoms with van der Waals surface area (Å²) >= 11 is 0. The van der Waals surface area contributed by atoms with E-state index in [9.17, 15) is 10.1 Å². The number of pyridine rings is 1. The zero-order chi connectivity index (χ0) is 26.8. The first-order valence-electron chi connectivity index (χ1n) is 13.5. The number of rotatable bonds is 8. The highest BCUT2D eigenvalue weighted by Gasteiger charge is 2.29. The number of benzene rings is 1. The van der Waals surface area contributed by atoms with Crippen LogP contribution >= 0.6 is 0 Å². The molecule has 2 fully saturated rings. The molecular weight excluding hydrogens is 476 g/mol. The van der Waals surface area contributed by atoms with Gasteiger partial charge in [0.1, 0.15) is 17.1 Å². The normalized spacial score (nSPS) is 16.5. The monoisotopic (exact) mass is 512 g/mol. The quantitative estimate of drug-likeness (QED) is 0.357. The van der Waals surface area contributed by atoms with Gasteiger partial charge in [-0.3, -0.25) is 4.79 Å². The number of likely N-dealkylation sites (tertiary alicyclic amines) is 1. The van der Waals surface area contributed by atoms with Crippen molar-refractivity contribution in [3.05, 3.63) is 65.1 Å². The number of methoxy groups -OCH3 is 2. The Morgan fingerprint density at radius 2 is 1.87 bits per heavy atom. The van der Waals surface area contributed by atoms with Gasteiger partial charge in [-0.15, -0.1) is 0 Å². The number of carbonyl (C=O) groups is 1. The number of hydrogen-bond donors (Lipinski definition) is 0. The number of ketones is 1. The van der Waals surface area contributed by atoms with Gasteiger partial charge in [0, 0.05) is 55.8 Å². The van der Waals surface area contributed by atoms with Gasteiger partial charge in [0.2, 0.25) is 0 Å². The molecule has 0 amide bonds. The lowest BCUT2D eigenvalue weighted by Gasteiger charge is -2.37. The molecule has 198 valence electrons. The first kappa shape index (κ1) is 25.8. The molecule has 7 heteroatoms. The Kier molecular flexibility index (Phi) is 7.42. The second kappa shape index (κ2) is 10.9. The van der Waals surface area contributed by atoms with Gasteiger partial charge in [0.15, 0.2) is 5.78 Å². The van der Waals surface area contributed by atoms with Crippen LogP contribution in [0.4, 0.5) is 0 Å². The number of ether oxygens (including phenoxy) is 2. The Balaban J connectivity index is 1.41. The number of aryl methyl sites for hydroxylation is 1. The Morgan fingerprint density at radius 1 is 1.13 bits per heavy atom. The van der Waals surface area contributed by atoms with Crippen molar-refractivity contribution in [3.8, 4) is 17.6 Å². The standard InChI is InChI=1S/C31H36N4O3/c1-20(22-7-5-6-8-22)35-11-9-23(10-12-35)27-19-34(2)31-29(27)30(38-4)25(18-33-31)16-28(36)24-13-21(17-32)14-26(15-24)37-3/h13-15,18-19,22-23H,1,5-12,16H2,2-4H3. The summed E-state index contributed by atoms with van der Waals surface area (Å²) in [6, 6.07) is 6.99. The average molecular weight is 513 g/mol. The highest BCUT2D eigenvalue weighted by Crippen LogP contribution is 2.41. The SMILES string of the molecule is C=C(C1CCCC1)N1CCC(c2cn(C)c3ncc(CC(=O)c4cc(C#N)cc(OC)c4)c(OC)c23)CC1. The maximum atomic E-state index is 13.3. The fourth-order valence-corrected chi connectivity index (χ4v) is 6.27. The van der Waals surface area contributed by atoms with Gasteiger partial charge in [0.25, 0.3) is 0 Å². The maximum Gasteiger partial charge on any atom is 0.167 e. The molecule has 0 N–H and O–H groups in total. The number of nitriles is 1. The van der Waals surface area contributed by atoms with Crippen molar-refractivity contribution in [2.75, 3.05) is 27.3 Å². The summed E-state index contributed by atoms with van der Waals surface area (Å²) in [4.78, 5) is 20.5. The van der Waals surface area contributed by atoms with E-state index in [-0.39, 0.29) is 12.2 Å². The molecule has 5 rings (SSSR count). The van der Waals surface area contributed by atoms with Crippen LogP contribution in [0, 0.1) is 17.2 Å². The minimum Gasteiger partial charge on any atom is -0.497 e. The zero-order valence-corrected chi connectivity index (χ0v) is 22.6. The first-order chi connectivity index (χ1) is 18.4. The number of aromatic nitrogens is 2. The van der Waals surface area contributed by atoms with Crippen molar-refractivity contribution >= 4 is 16.8 Å². The number of piperidine rings is 1. The molecule has 2 aromatic heterocycles. The molecule has 0 atom stereocenters. The summed E-state index contributed by atoms with van der Waals surface area (Å²) in [6.45, 7) is 6.49. The van der Waals surface area contributed by atoms with Gasteiger partial charge in [-0.25, -0.2) is 4.98 Å². The number of allylic oxidation sites excluding steroid dienone is 1. The number of nitrogens with zero attached hydrogens (tertiary/aromatic N) is 4. The van der Waals surface area contributed by atoms with Crippen LogP contribution in [0.15, 0.2) is 42.9 Å². The largest absolute Gasteiger partial charge is 0.497 e. The van der Waals surface area contributed by atoms with Gasteiger partial charge >= 0.3 is 0 Å². The minimum atomic E-state index is -0.115. The predicted octanol–water partition coefficient (Wildman–Crippen LogP) is 5.77. The molecule has 1 saturated carbocycles. The van der Waals surface area contributed by atoms with Crippen LogP contribution in [-0.4, -0.2) is 47.5 Å². The van der Waals surface area contributed by atoms with Gasteiger partial charge in [-0.2, -0.15) is 5.26 Å². The maximum absolute atomic E-state index is 13.3. The van der Waals surface area contributed by atoms with E-state index in [4.69, 9.17) is 14.5 Å². The van der Waals surface area contributed by atoms with Crippen LogP contribution in [0.1, 0.15) is 71.5 Å². The molecular formula is C31H36N4O3. The first-order valence-corrected chi connectivity index (χ1v) is 13.5. The molecule has 38 heavy (non-hydrogen) atoms. The van der Waals surface area contributed by atoms with Crippen molar-refractivity contribution in [2.45, 2.75) is 50.9 Å². The predicted molar refractivity (Wildman–Crippen MR) is 148 cm³/mol. The number of hydrogen-bond acceptors (Lipinski definition) is 6. The molecule has 0 unspecified atom stereocenters. The highest BCUT2D eigenvalue weighted by atomic mass is 16.5. The average Bonchev–Trinajstić information content (AvgIpc) is 3.61. The Morgan fingerprint density at radius 3 is 2.53 bits per heavy atom. The van der Waals surface area contributed by atoms with Crippen molar-refractivity contribution < 1.29 is 14.3 Å². The molecule has 1 saturated heterocycles. The third-order valence-electron chi connectivity index (χ3n) is 8.36. The number of carbonyl (C=O) groups excluding carboxylic acids is 1. The Bertz CT molecular complexity index is 1400. The molecule has 0 spiro atoms. The lowest BCUT2D eigenvalue weighted by atomic mass is 9.88. The third-order valence-corrected chi connectivity index (χ3v) is 8.36. The van der Waals surface area contributed by atoms with E-state index in [1.54, 1.807) is 31.5 Å². The summed E-state index contributed by atoms with van der Waals surface area (Å²) in [7, 11) is 5.20. The second-order valence-electron chi connectivity index (χ2n) is 10.6. The van der Waals surface area contributed by atoms with Crippen LogP contribution in [0.3, 0.4) is 0 Å². The Labute approximate surface area is 224 Å². The lowest BCUT2D eigenvalue weighted by molar-refractivity contribution is 0.0991. The third kappa shape index (κ3) is 4.88. The minimum absolute atomic E-state index is 0.115. The molecule has 7 nitrogen and oxygen atoms in total. The topological polar surface area (TPSA) is 80.4 Å². The van der Waals surface area contributed by atoms with Crippen molar-refractivity contribution in [1.29, 1.82) is 5.26 Å². The van der Waals surface area contributed by atoms with Gasteiger partial charge in [-0.1, -0.05) is 19.4 Å². The van der Waals surface area contributed by atoms with Crippen molar-refractivity contribution in [1.82, 2.24) is 14.5 Å². The van der Waals surface area contributed by atoms with Crippen LogP contribution in [0.5, 0.6) is 11.5 Å². The summed E-state index contributed by atoms with van der Waals surface area (Å²) < 4.78 is 13.3. The molecule has 0 bridgehead atoms. The van der Waals surface area contributed by atoms with Crippen LogP contribution < -0.4 is 9.47 Å². The van der Waals surface area contributed by atoms with E-state index in [1.165, 1.54) is 44.1 Å². The van der Waals surface area contributed by atoms with E-state index in [0.717, 1.165) is 42.5 Å². The van der Waals surface area contributed by atoms with Gasteiger partial charge in [-0.05, 0) is 61.3 Å². The molecule has 1 aromatic carbocycles. The molecule has 0 radical (unpaired) electrons. The van der Waals surface area contributed by atoms with E-state index in [0.29, 0.717) is 34.5 Å². The molecule has 3 aromatic rings. The van der Waals surface area contributed by atoms with Crippen molar-refractivity contribution in [3.63, 3.8) is 0 Å². The molecule has 1 aliphatic heterocycles. The second-order valence-corrected chi connectivity index (χ2v) is 10.6. The van der Waals surface area contributed by atoms with E-state index >= 15 is 0 Å². The fourth-order valence-electron chi connectivity index (χ4n) is 6.27. The molecule has 2 aliphatic rings. The Hall–Kier alpha value is -3.79. The van der Waals surface area contributed by atoms with E-state index < -0.39 is 0 Å². The summed E-state index contributed by atoms with van der Waals surface area (Å²) in [6.07, 6.45) is 11.4. The molecule has 3 heterocycles. The molecule has 1 aliphatic carbocycles. The van der Waals surface area contributed by atoms with Crippen molar-refractivity contribution in [2.24, 2.45) is 13.0 Å². The smallest absolute Gasteiger partial charge is 0.167 e. The summed E-state index contributed by atoms with van der Waals surface area (Å²) in [5, 5.41) is 10.4. The van der Waals surface area contributed by atoms with Crippen LogP contribution in [0.25, 0.3) is 11.0 Å². The fraction of sp³-hybridized carbons (Fsp3) is 0.452. The highest BCUT2D eigenvalue weighted by molar-refractivity contribution is 5.99. The lowest BCUT2D eigenvalue weighted by Crippen LogP contribution is -2.34. The van der Waals surface area contributed by atoms with Gasteiger partial charge < -0.3 is 18.9 Å². The summed E-state index contributed by atoms with van der Waals surface area (Å²) in [5.74, 6) is 2.13. The van der Waals surface area contributed by atoms with E-state index in [1.807, 2.05) is 7.05 Å². The van der Waals surface area contributed by atoms with Crippen LogP contribution in [-0.2, 0) is 13.5 Å². The van der Waals surface area contributed by atoms with Crippen LogP contribution in [0.2, 0.25) is 0 Å². The van der Waals surface area contributed by atoms with Gasteiger partial charge in [0.05, 0.1) is 31.2 Å². The zero-order valence-electron chi connectivity index (χ0n) is 22.6.